The zero-order chi connectivity index (χ0) is 10.4. The molecule has 1 aliphatic rings. The first-order valence-electron chi connectivity index (χ1n) is 6.14. The van der Waals surface area contributed by atoms with Gasteiger partial charge in [-0.15, -0.1) is 0 Å². The first kappa shape index (κ1) is 12.0. The molecule has 0 aliphatic heterocycles. The monoisotopic (exact) mass is 198 g/mol. The molecule has 0 aromatic rings. The van der Waals surface area contributed by atoms with Crippen LogP contribution < -0.4 is 5.32 Å². The van der Waals surface area contributed by atoms with E-state index >= 15 is 0 Å². The molecule has 0 heterocycles. The summed E-state index contributed by atoms with van der Waals surface area (Å²) in [6.07, 6.45) is 6.97. The largest absolute Gasteiger partial charge is 0.315 e. The maximum atomic E-state index is 3.46. The van der Waals surface area contributed by atoms with Crippen LogP contribution in [0.1, 0.15) is 46.0 Å². The Morgan fingerprint density at radius 3 is 2.50 bits per heavy atom. The fourth-order valence-corrected chi connectivity index (χ4v) is 1.89. The van der Waals surface area contributed by atoms with E-state index in [-0.39, 0.29) is 0 Å². The number of nitrogens with one attached hydrogen (secondary N) is 1. The van der Waals surface area contributed by atoms with Crippen LogP contribution in [0.25, 0.3) is 0 Å². The van der Waals surface area contributed by atoms with E-state index in [1.54, 1.807) is 0 Å². The van der Waals surface area contributed by atoms with Crippen molar-refractivity contribution in [1.29, 1.82) is 0 Å². The highest BCUT2D eigenvalue weighted by atomic mass is 15.1. The lowest BCUT2D eigenvalue weighted by Gasteiger charge is -2.34. The number of unbranched alkanes of at least 4 members (excludes halogenated alkanes) is 1. The van der Waals surface area contributed by atoms with E-state index in [2.05, 4.69) is 31.1 Å². The summed E-state index contributed by atoms with van der Waals surface area (Å²) in [5, 5.41) is 3.46. The molecule has 0 atom stereocenters. The second kappa shape index (κ2) is 6.41. The van der Waals surface area contributed by atoms with Crippen molar-refractivity contribution >= 4 is 0 Å². The van der Waals surface area contributed by atoms with Gasteiger partial charge in [-0.25, -0.2) is 0 Å². The maximum Gasteiger partial charge on any atom is 0.00922 e. The van der Waals surface area contributed by atoms with Crippen molar-refractivity contribution in [1.82, 2.24) is 10.2 Å². The first-order valence-corrected chi connectivity index (χ1v) is 6.14. The highest BCUT2D eigenvalue weighted by Gasteiger charge is 2.20. The van der Waals surface area contributed by atoms with Crippen LogP contribution in [0.5, 0.6) is 0 Å². The van der Waals surface area contributed by atoms with Crippen molar-refractivity contribution in [3.05, 3.63) is 0 Å². The smallest absolute Gasteiger partial charge is 0.00922 e. The summed E-state index contributed by atoms with van der Waals surface area (Å²) in [6, 6.07) is 1.55. The van der Waals surface area contributed by atoms with Crippen LogP contribution in [-0.4, -0.2) is 37.1 Å². The van der Waals surface area contributed by atoms with Gasteiger partial charge >= 0.3 is 0 Å². The Morgan fingerprint density at radius 1 is 1.29 bits per heavy atom. The summed E-state index contributed by atoms with van der Waals surface area (Å²) in [4.78, 5) is 2.54. The summed E-state index contributed by atoms with van der Waals surface area (Å²) in [7, 11) is 2.28. The molecule has 1 aliphatic carbocycles. The van der Waals surface area contributed by atoms with E-state index in [0.717, 1.165) is 6.04 Å². The van der Waals surface area contributed by atoms with Crippen molar-refractivity contribution in [3.8, 4) is 0 Å². The Kier molecular flexibility index (Phi) is 5.49. The Hall–Kier alpha value is -0.0800. The van der Waals surface area contributed by atoms with Crippen LogP contribution in [0.3, 0.4) is 0 Å². The summed E-state index contributed by atoms with van der Waals surface area (Å²) in [5.41, 5.74) is 0. The van der Waals surface area contributed by atoms with Gasteiger partial charge in [-0.1, -0.05) is 20.3 Å². The third-order valence-electron chi connectivity index (χ3n) is 3.19. The summed E-state index contributed by atoms with van der Waals surface area (Å²) in [5.74, 6) is 0. The van der Waals surface area contributed by atoms with Gasteiger partial charge in [0.2, 0.25) is 0 Å². The molecule has 2 heteroatoms. The summed E-state index contributed by atoms with van der Waals surface area (Å²) >= 11 is 0. The fraction of sp³-hybridized carbons (Fsp3) is 1.00. The molecule has 0 aromatic carbocycles. The molecule has 0 unspecified atom stereocenters. The van der Waals surface area contributed by atoms with Crippen LogP contribution >= 0.6 is 0 Å². The van der Waals surface area contributed by atoms with Gasteiger partial charge in [0.25, 0.3) is 0 Å². The Bertz CT molecular complexity index is 141. The summed E-state index contributed by atoms with van der Waals surface area (Å²) < 4.78 is 0. The van der Waals surface area contributed by atoms with Crippen LogP contribution in [0.2, 0.25) is 0 Å². The van der Waals surface area contributed by atoms with Crippen molar-refractivity contribution in [3.63, 3.8) is 0 Å². The first-order chi connectivity index (χ1) is 6.70. The lowest BCUT2D eigenvalue weighted by molar-refractivity contribution is 0.157. The van der Waals surface area contributed by atoms with E-state index in [9.17, 15) is 0 Å². The molecule has 0 amide bonds. The average molecular weight is 198 g/mol. The minimum atomic E-state index is 0.638. The minimum Gasteiger partial charge on any atom is -0.315 e. The molecule has 1 N–H and O–H groups in total. The standard InChI is InChI=1S/C12H26N2/c1-11(2)13-9-4-5-10-14(3)12-7-6-8-12/h11-13H,4-10H2,1-3H3. The molecule has 0 saturated heterocycles. The molecule has 1 fully saturated rings. The van der Waals surface area contributed by atoms with Gasteiger partial charge in [-0.3, -0.25) is 0 Å². The van der Waals surface area contributed by atoms with Crippen molar-refractivity contribution in [2.75, 3.05) is 20.1 Å². The topological polar surface area (TPSA) is 15.3 Å². The molecule has 1 rings (SSSR count). The SMILES string of the molecule is CC(C)NCCCCN(C)C1CCC1. The maximum absolute atomic E-state index is 3.46. The van der Waals surface area contributed by atoms with E-state index in [4.69, 9.17) is 0 Å². The predicted octanol–water partition coefficient (Wildman–Crippen LogP) is 2.25. The third kappa shape index (κ3) is 4.43. The molecule has 84 valence electrons. The zero-order valence-corrected chi connectivity index (χ0v) is 10.1. The van der Waals surface area contributed by atoms with E-state index in [1.807, 2.05) is 0 Å². The van der Waals surface area contributed by atoms with Crippen LogP contribution in [0.15, 0.2) is 0 Å². The predicted molar refractivity (Wildman–Crippen MR) is 62.6 cm³/mol. The number of hydrogen-bond acceptors (Lipinski definition) is 2. The molecule has 14 heavy (non-hydrogen) atoms. The molecule has 0 spiro atoms. The van der Waals surface area contributed by atoms with Crippen molar-refractivity contribution in [2.45, 2.75) is 58.0 Å². The number of nitrogens with zero attached hydrogens (tertiary/aromatic N) is 1. The molecule has 0 aromatic heterocycles. The van der Waals surface area contributed by atoms with Crippen LogP contribution in [-0.2, 0) is 0 Å². The average Bonchev–Trinajstić information content (AvgIpc) is 1.99. The van der Waals surface area contributed by atoms with Crippen LogP contribution in [0.4, 0.5) is 0 Å². The van der Waals surface area contributed by atoms with Gasteiger partial charge in [0.05, 0.1) is 0 Å². The van der Waals surface area contributed by atoms with Gasteiger partial charge in [0.15, 0.2) is 0 Å². The van der Waals surface area contributed by atoms with Gasteiger partial charge in [0.1, 0.15) is 0 Å². The quantitative estimate of drug-likeness (QED) is 0.631. The molecular weight excluding hydrogens is 172 g/mol. The highest BCUT2D eigenvalue weighted by molar-refractivity contribution is 4.77. The fourth-order valence-electron chi connectivity index (χ4n) is 1.89. The minimum absolute atomic E-state index is 0.638. The molecule has 2 nitrogen and oxygen atoms in total. The zero-order valence-electron chi connectivity index (χ0n) is 10.1. The second-order valence-corrected chi connectivity index (χ2v) is 4.88. The lowest BCUT2D eigenvalue weighted by atomic mass is 9.92. The molecule has 0 radical (unpaired) electrons. The highest BCUT2D eigenvalue weighted by Crippen LogP contribution is 2.23. The normalized spacial score (nSPS) is 17.8. The summed E-state index contributed by atoms with van der Waals surface area (Å²) in [6.45, 7) is 6.88. The molecule has 0 bridgehead atoms. The Morgan fingerprint density at radius 2 is 2.00 bits per heavy atom. The second-order valence-electron chi connectivity index (χ2n) is 4.88. The van der Waals surface area contributed by atoms with Gasteiger partial charge < -0.3 is 10.2 Å². The number of rotatable bonds is 7. The van der Waals surface area contributed by atoms with Gasteiger partial charge in [-0.05, 0) is 45.8 Å². The van der Waals surface area contributed by atoms with Crippen molar-refractivity contribution < 1.29 is 0 Å². The van der Waals surface area contributed by atoms with Crippen LogP contribution in [0, 0.1) is 0 Å². The third-order valence-corrected chi connectivity index (χ3v) is 3.19. The van der Waals surface area contributed by atoms with E-state index in [1.165, 1.54) is 45.2 Å². The molecular formula is C12H26N2. The molecule has 1 saturated carbocycles. The Labute approximate surface area is 89.1 Å². The van der Waals surface area contributed by atoms with Gasteiger partial charge in [-0.2, -0.15) is 0 Å². The van der Waals surface area contributed by atoms with E-state index in [0.29, 0.717) is 6.04 Å². The van der Waals surface area contributed by atoms with Crippen molar-refractivity contribution in [2.24, 2.45) is 0 Å². The Balaban J connectivity index is 1.87. The number of hydrogen-bond donors (Lipinski definition) is 1. The lowest BCUT2D eigenvalue weighted by Crippen LogP contribution is -2.37. The van der Waals surface area contributed by atoms with Gasteiger partial charge in [0, 0.05) is 12.1 Å². The van der Waals surface area contributed by atoms with E-state index < -0.39 is 0 Å².